The number of benzene rings is 1. The maximum atomic E-state index is 15.1. The molecule has 4 heterocycles. The Balaban J connectivity index is 1.16. The number of pyridine rings is 1. The molecule has 0 unspecified atom stereocenters. The molecular weight excluding hydrogens is 525 g/mol. The van der Waals surface area contributed by atoms with Gasteiger partial charge in [-0.15, -0.1) is 5.10 Å². The minimum Gasteiger partial charge on any atom is -0.461 e. The number of hydrogen-bond acceptors (Lipinski definition) is 11. The van der Waals surface area contributed by atoms with Gasteiger partial charge in [-0.2, -0.15) is 0 Å². The molecule has 1 amide bonds. The van der Waals surface area contributed by atoms with Gasteiger partial charge in [0, 0.05) is 30.1 Å². The van der Waals surface area contributed by atoms with Gasteiger partial charge in [-0.3, -0.25) is 20.2 Å². The normalized spacial score (nSPS) is 18.4. The minimum absolute atomic E-state index is 0.0200. The monoisotopic (exact) mass is 553 g/mol. The number of carbonyl (C=O) groups excluding carboxylic acids is 2. The zero-order valence-corrected chi connectivity index (χ0v) is 21.7. The number of nitrogens with zero attached hydrogens (tertiary/aromatic N) is 5. The van der Waals surface area contributed by atoms with Gasteiger partial charge in [-0.1, -0.05) is 11.3 Å². The topological polar surface area (TPSA) is 142 Å². The molecule has 2 aliphatic rings. The summed E-state index contributed by atoms with van der Waals surface area (Å²) < 4.78 is 32.4. The second kappa shape index (κ2) is 12.6. The average Bonchev–Trinajstić information content (AvgIpc) is 3.72. The summed E-state index contributed by atoms with van der Waals surface area (Å²) in [6.45, 7) is 1.56. The molecule has 0 aliphatic carbocycles. The van der Waals surface area contributed by atoms with Gasteiger partial charge in [0.15, 0.2) is 0 Å². The average molecular weight is 554 g/mol. The lowest BCUT2D eigenvalue weighted by Crippen LogP contribution is -2.26. The van der Waals surface area contributed by atoms with E-state index in [0.29, 0.717) is 47.9 Å². The molecule has 2 aromatic heterocycles. The Labute approximate surface area is 228 Å². The first-order valence-corrected chi connectivity index (χ1v) is 12.6. The lowest BCUT2D eigenvalue weighted by Gasteiger charge is -2.14. The molecule has 14 heteroatoms. The van der Waals surface area contributed by atoms with Crippen molar-refractivity contribution in [2.75, 3.05) is 44.9 Å². The molecule has 2 atom stereocenters. The maximum Gasteiger partial charge on any atom is 0.414 e. The van der Waals surface area contributed by atoms with Crippen LogP contribution in [0.1, 0.15) is 5.69 Å². The van der Waals surface area contributed by atoms with Crippen molar-refractivity contribution < 1.29 is 33.0 Å². The number of nitrogens with one attached hydrogen (secondary N) is 2. The number of rotatable bonds is 12. The fourth-order valence-corrected chi connectivity index (χ4v) is 4.14. The number of aromatic nitrogens is 4. The lowest BCUT2D eigenvalue weighted by atomic mass is 10.1. The number of hydrogen-bond donors (Lipinski definition) is 2. The van der Waals surface area contributed by atoms with E-state index in [0.717, 1.165) is 0 Å². The van der Waals surface area contributed by atoms with Crippen molar-refractivity contribution in [3.8, 4) is 11.1 Å². The van der Waals surface area contributed by atoms with E-state index in [4.69, 9.17) is 19.0 Å². The molecule has 0 radical (unpaired) electrons. The Morgan fingerprint density at radius 2 is 2.20 bits per heavy atom. The molecule has 0 saturated carbocycles. The van der Waals surface area contributed by atoms with Gasteiger partial charge >= 0.3 is 12.1 Å². The van der Waals surface area contributed by atoms with Crippen molar-refractivity contribution in [1.82, 2.24) is 30.8 Å². The standard InChI is InChI=1S/C26H28FN7O6/c1-28-7-9-37-16-25(35)38-15-19-11-24(31-40-19)23-5-2-17(12-29-23)21-4-3-18(10-22(21)27)34-14-20(39-26(34)36)13-33-8-6-30-32-33/h2-6,8,10-12,19-20,28,31H,7,9,13-16H2,1H3/t19-,20-/m0/s1. The van der Waals surface area contributed by atoms with E-state index < -0.39 is 30.1 Å². The highest BCUT2D eigenvalue weighted by Gasteiger charge is 2.33. The fraction of sp³-hybridized carbons (Fsp3) is 0.346. The number of esters is 1. The third-order valence-electron chi connectivity index (χ3n) is 6.15. The van der Waals surface area contributed by atoms with Crippen LogP contribution in [0.15, 0.2) is 55.0 Å². The highest BCUT2D eigenvalue weighted by atomic mass is 19.1. The zero-order valence-electron chi connectivity index (χ0n) is 21.7. The van der Waals surface area contributed by atoms with E-state index in [9.17, 15) is 9.59 Å². The van der Waals surface area contributed by atoms with Crippen LogP contribution in [-0.4, -0.2) is 84.2 Å². The van der Waals surface area contributed by atoms with E-state index in [1.54, 1.807) is 60.7 Å². The summed E-state index contributed by atoms with van der Waals surface area (Å²) in [5, 5.41) is 10.5. The first-order chi connectivity index (χ1) is 19.5. The van der Waals surface area contributed by atoms with E-state index in [1.165, 1.54) is 11.0 Å². The number of halogens is 1. The van der Waals surface area contributed by atoms with Gasteiger partial charge < -0.3 is 19.5 Å². The van der Waals surface area contributed by atoms with Crippen molar-refractivity contribution in [3.63, 3.8) is 0 Å². The fourth-order valence-electron chi connectivity index (χ4n) is 4.14. The summed E-state index contributed by atoms with van der Waals surface area (Å²) in [5.74, 6) is -0.983. The minimum atomic E-state index is -0.547. The van der Waals surface area contributed by atoms with Gasteiger partial charge in [0.25, 0.3) is 0 Å². The molecule has 5 rings (SSSR count). The summed E-state index contributed by atoms with van der Waals surface area (Å²) in [4.78, 5) is 35.4. The van der Waals surface area contributed by atoms with E-state index in [2.05, 4.69) is 26.1 Å². The number of anilines is 1. The maximum absolute atomic E-state index is 15.1. The van der Waals surface area contributed by atoms with Gasteiger partial charge in [-0.05, 0) is 37.4 Å². The zero-order chi connectivity index (χ0) is 27.9. The van der Waals surface area contributed by atoms with Crippen molar-refractivity contribution in [1.29, 1.82) is 0 Å². The second-order valence-corrected chi connectivity index (χ2v) is 9.02. The molecule has 2 aliphatic heterocycles. The Morgan fingerprint density at radius 3 is 2.95 bits per heavy atom. The smallest absolute Gasteiger partial charge is 0.414 e. The van der Waals surface area contributed by atoms with Crippen LogP contribution >= 0.6 is 0 Å². The predicted molar refractivity (Wildman–Crippen MR) is 139 cm³/mol. The first kappa shape index (κ1) is 27.2. The van der Waals surface area contributed by atoms with Crippen molar-refractivity contribution in [2.24, 2.45) is 0 Å². The summed E-state index contributed by atoms with van der Waals surface area (Å²) in [7, 11) is 1.79. The molecule has 210 valence electrons. The Kier molecular flexibility index (Phi) is 8.59. The summed E-state index contributed by atoms with van der Waals surface area (Å²) in [5.41, 5.74) is 5.23. The van der Waals surface area contributed by atoms with Crippen LogP contribution in [0.2, 0.25) is 0 Å². The van der Waals surface area contributed by atoms with Crippen LogP contribution in [0, 0.1) is 5.82 Å². The molecule has 2 N–H and O–H groups in total. The van der Waals surface area contributed by atoms with Crippen LogP contribution in [0.3, 0.4) is 0 Å². The van der Waals surface area contributed by atoms with Crippen LogP contribution in [0.5, 0.6) is 0 Å². The van der Waals surface area contributed by atoms with Crippen LogP contribution < -0.4 is 15.7 Å². The van der Waals surface area contributed by atoms with E-state index in [1.807, 2.05) is 0 Å². The summed E-state index contributed by atoms with van der Waals surface area (Å²) in [6, 6.07) is 8.02. The first-order valence-electron chi connectivity index (χ1n) is 12.6. The Hall–Kier alpha value is -4.40. The quantitative estimate of drug-likeness (QED) is 0.249. The third-order valence-corrected chi connectivity index (χ3v) is 6.15. The van der Waals surface area contributed by atoms with Crippen LogP contribution in [0.25, 0.3) is 16.8 Å². The number of cyclic esters (lactones) is 1. The van der Waals surface area contributed by atoms with E-state index in [-0.39, 0.29) is 19.8 Å². The molecule has 0 spiro atoms. The Morgan fingerprint density at radius 1 is 1.30 bits per heavy atom. The summed E-state index contributed by atoms with van der Waals surface area (Å²) in [6.07, 6.45) is 5.05. The SMILES string of the molecule is CNCCOCC(=O)OC[C@@H]1C=C(c2ccc(-c3ccc(N4C[C@H](Cn5ccnn5)OC4=O)cc3F)cn2)NO1. The molecule has 0 bridgehead atoms. The molecule has 1 fully saturated rings. The number of carbonyl (C=O) groups is 2. The highest BCUT2D eigenvalue weighted by Crippen LogP contribution is 2.30. The van der Waals surface area contributed by atoms with Crippen molar-refractivity contribution in [2.45, 2.75) is 18.8 Å². The van der Waals surface area contributed by atoms with Crippen molar-refractivity contribution >= 4 is 23.4 Å². The van der Waals surface area contributed by atoms with Crippen LogP contribution in [-0.2, 0) is 30.4 Å². The van der Waals surface area contributed by atoms with Gasteiger partial charge in [-0.25, -0.2) is 18.7 Å². The highest BCUT2D eigenvalue weighted by molar-refractivity contribution is 5.90. The van der Waals surface area contributed by atoms with Gasteiger partial charge in [0.05, 0.1) is 43.0 Å². The molecule has 13 nitrogen and oxygen atoms in total. The van der Waals surface area contributed by atoms with Crippen LogP contribution in [0.4, 0.5) is 14.9 Å². The van der Waals surface area contributed by atoms with Crippen molar-refractivity contribution in [3.05, 3.63) is 66.5 Å². The number of likely N-dealkylation sites (N-methyl/N-ethyl adjacent to an activating group) is 1. The molecular formula is C26H28FN7O6. The van der Waals surface area contributed by atoms with Gasteiger partial charge in [0.2, 0.25) is 0 Å². The Bertz CT molecular complexity index is 1350. The second-order valence-electron chi connectivity index (χ2n) is 9.02. The largest absolute Gasteiger partial charge is 0.461 e. The summed E-state index contributed by atoms with van der Waals surface area (Å²) >= 11 is 0. The molecule has 3 aromatic rings. The molecule has 40 heavy (non-hydrogen) atoms. The lowest BCUT2D eigenvalue weighted by molar-refractivity contribution is -0.152. The number of ether oxygens (including phenoxy) is 3. The third kappa shape index (κ3) is 6.59. The number of hydroxylamine groups is 1. The number of amides is 1. The molecule has 1 saturated heterocycles. The molecule has 1 aromatic carbocycles. The predicted octanol–water partition coefficient (Wildman–Crippen LogP) is 1.53. The van der Waals surface area contributed by atoms with E-state index >= 15 is 4.39 Å². The van der Waals surface area contributed by atoms with Gasteiger partial charge in [0.1, 0.15) is 31.2 Å².